The number of nitrogens with one attached hydrogen (secondary N) is 1. The molecule has 2 heterocycles. The minimum atomic E-state index is 0.513. The van der Waals surface area contributed by atoms with E-state index in [0.717, 1.165) is 53.7 Å². The number of rotatable bonds is 5. The zero-order valence-corrected chi connectivity index (χ0v) is 17.3. The highest BCUT2D eigenvalue weighted by molar-refractivity contribution is 5.96. The number of likely N-dealkylation sites (tertiary alicyclic amines) is 1. The summed E-state index contributed by atoms with van der Waals surface area (Å²) in [7, 11) is 3.39. The van der Waals surface area contributed by atoms with Crippen LogP contribution in [0.15, 0.2) is 12.1 Å². The number of anilines is 1. The van der Waals surface area contributed by atoms with Crippen LogP contribution < -0.4 is 14.8 Å². The summed E-state index contributed by atoms with van der Waals surface area (Å²) in [6, 6.07) is 5.45. The molecule has 2 aliphatic carbocycles. The summed E-state index contributed by atoms with van der Waals surface area (Å²) in [5, 5.41) is 5.10. The van der Waals surface area contributed by atoms with E-state index in [0.29, 0.717) is 6.04 Å². The maximum Gasteiger partial charge on any atom is 0.162 e. The van der Waals surface area contributed by atoms with Crippen molar-refractivity contribution in [1.29, 1.82) is 0 Å². The minimum absolute atomic E-state index is 0.513. The van der Waals surface area contributed by atoms with Crippen LogP contribution in [0.5, 0.6) is 11.5 Å². The normalized spacial score (nSPS) is 26.9. The number of nitrogens with zero attached hydrogens (tertiary/aromatic N) is 2. The molecule has 150 valence electrons. The number of pyridine rings is 1. The molecule has 1 aromatic heterocycles. The van der Waals surface area contributed by atoms with E-state index in [2.05, 4.69) is 23.2 Å². The maximum absolute atomic E-state index is 5.58. The molecule has 5 rings (SSSR count). The quantitative estimate of drug-likeness (QED) is 0.847. The fraction of sp³-hybridized carbons (Fsp3) is 0.609. The number of benzene rings is 1. The Morgan fingerprint density at radius 1 is 1.11 bits per heavy atom. The van der Waals surface area contributed by atoms with E-state index in [1.165, 1.54) is 49.2 Å². The van der Waals surface area contributed by atoms with Crippen molar-refractivity contribution >= 4 is 16.6 Å². The lowest BCUT2D eigenvalue weighted by Crippen LogP contribution is -2.43. The van der Waals surface area contributed by atoms with Crippen LogP contribution >= 0.6 is 0 Å². The summed E-state index contributed by atoms with van der Waals surface area (Å²) in [6.45, 7) is 4.75. The molecule has 1 saturated heterocycles. The van der Waals surface area contributed by atoms with E-state index < -0.39 is 0 Å². The van der Waals surface area contributed by atoms with Gasteiger partial charge in [0.2, 0.25) is 0 Å². The summed E-state index contributed by atoms with van der Waals surface area (Å²) in [5.74, 6) is 2.43. The summed E-state index contributed by atoms with van der Waals surface area (Å²) in [6.07, 6.45) is 7.35. The van der Waals surface area contributed by atoms with Gasteiger partial charge in [0.1, 0.15) is 0 Å². The monoisotopic (exact) mass is 381 g/mol. The molecule has 5 heteroatoms. The number of fused-ring (bicyclic) bond motifs is 2. The number of hydrogen-bond acceptors (Lipinski definition) is 5. The highest BCUT2D eigenvalue weighted by Crippen LogP contribution is 2.40. The number of ether oxygens (including phenoxy) is 2. The number of aryl methyl sites for hydroxylation is 1. The molecule has 1 saturated carbocycles. The van der Waals surface area contributed by atoms with Gasteiger partial charge in [0.25, 0.3) is 0 Å². The standard InChI is InChI=1S/C23H31N3O2/c1-14-9-16(10-14)26-8-7-15(13-26)24-23-17-5-4-6-19(17)25-20-12-22(28-3)21(27-2)11-18(20)23/h11-12,14-16H,4-10,13H2,1-3H3,(H,24,25)/t14?,15-,16?/m1/s1. The predicted octanol–water partition coefficient (Wildman–Crippen LogP) is 4.03. The Kier molecular flexibility index (Phi) is 4.58. The second kappa shape index (κ2) is 7.11. The third-order valence-corrected chi connectivity index (χ3v) is 6.95. The summed E-state index contributed by atoms with van der Waals surface area (Å²) >= 11 is 0. The molecular formula is C23H31N3O2. The Morgan fingerprint density at radius 2 is 1.89 bits per heavy atom. The minimum Gasteiger partial charge on any atom is -0.493 e. The molecule has 1 aliphatic heterocycles. The lowest BCUT2D eigenvalue weighted by atomic mass is 9.81. The summed E-state index contributed by atoms with van der Waals surface area (Å²) < 4.78 is 11.1. The fourth-order valence-electron chi connectivity index (χ4n) is 5.35. The van der Waals surface area contributed by atoms with Gasteiger partial charge in [-0.2, -0.15) is 0 Å². The first kappa shape index (κ1) is 18.0. The van der Waals surface area contributed by atoms with Crippen molar-refractivity contribution in [2.24, 2.45) is 5.92 Å². The van der Waals surface area contributed by atoms with Crippen molar-refractivity contribution in [1.82, 2.24) is 9.88 Å². The maximum atomic E-state index is 5.58. The molecule has 5 nitrogen and oxygen atoms in total. The molecule has 2 aromatic rings. The Hall–Kier alpha value is -2.01. The van der Waals surface area contributed by atoms with Crippen molar-refractivity contribution in [3.63, 3.8) is 0 Å². The van der Waals surface area contributed by atoms with Gasteiger partial charge >= 0.3 is 0 Å². The van der Waals surface area contributed by atoms with Crippen LogP contribution in [0.1, 0.15) is 43.9 Å². The second-order valence-electron chi connectivity index (χ2n) is 8.85. The fourth-order valence-corrected chi connectivity index (χ4v) is 5.35. The van der Waals surface area contributed by atoms with Crippen LogP contribution in [0, 0.1) is 5.92 Å². The van der Waals surface area contributed by atoms with Gasteiger partial charge in [-0.1, -0.05) is 6.92 Å². The molecule has 1 aromatic carbocycles. The van der Waals surface area contributed by atoms with Gasteiger partial charge in [-0.05, 0) is 56.1 Å². The molecule has 2 fully saturated rings. The van der Waals surface area contributed by atoms with E-state index in [1.807, 2.05) is 6.07 Å². The molecule has 1 atom stereocenters. The van der Waals surface area contributed by atoms with E-state index in [-0.39, 0.29) is 0 Å². The van der Waals surface area contributed by atoms with Crippen LogP contribution in [0.25, 0.3) is 10.9 Å². The highest BCUT2D eigenvalue weighted by Gasteiger charge is 2.35. The SMILES string of the molecule is COc1cc2nc3c(c(N[C@@H]4CCN(C5CC(C)C5)C4)c2cc1OC)CCC3. The second-order valence-corrected chi connectivity index (χ2v) is 8.85. The van der Waals surface area contributed by atoms with E-state index in [9.17, 15) is 0 Å². The van der Waals surface area contributed by atoms with Gasteiger partial charge in [0.15, 0.2) is 11.5 Å². The highest BCUT2D eigenvalue weighted by atomic mass is 16.5. The van der Waals surface area contributed by atoms with Crippen molar-refractivity contribution in [2.75, 3.05) is 32.6 Å². The first-order valence-corrected chi connectivity index (χ1v) is 10.7. The molecule has 0 radical (unpaired) electrons. The van der Waals surface area contributed by atoms with Crippen molar-refractivity contribution in [2.45, 2.75) is 57.5 Å². The molecule has 0 unspecified atom stereocenters. The van der Waals surface area contributed by atoms with Crippen LogP contribution in [0.3, 0.4) is 0 Å². The van der Waals surface area contributed by atoms with Crippen molar-refractivity contribution < 1.29 is 9.47 Å². The van der Waals surface area contributed by atoms with Crippen LogP contribution in [0.4, 0.5) is 5.69 Å². The van der Waals surface area contributed by atoms with E-state index >= 15 is 0 Å². The van der Waals surface area contributed by atoms with Gasteiger partial charge < -0.3 is 14.8 Å². The van der Waals surface area contributed by atoms with Crippen molar-refractivity contribution in [3.8, 4) is 11.5 Å². The van der Waals surface area contributed by atoms with Gasteiger partial charge in [-0.15, -0.1) is 0 Å². The van der Waals surface area contributed by atoms with Gasteiger partial charge in [0.05, 0.1) is 19.7 Å². The zero-order valence-electron chi connectivity index (χ0n) is 17.3. The molecule has 3 aliphatic rings. The third-order valence-electron chi connectivity index (χ3n) is 6.95. The van der Waals surface area contributed by atoms with Crippen LogP contribution in [-0.2, 0) is 12.8 Å². The topological polar surface area (TPSA) is 46.6 Å². The lowest BCUT2D eigenvalue weighted by Gasteiger charge is -2.39. The Bertz CT molecular complexity index is 891. The van der Waals surface area contributed by atoms with E-state index in [4.69, 9.17) is 14.5 Å². The van der Waals surface area contributed by atoms with Gasteiger partial charge in [-0.25, -0.2) is 0 Å². The molecular weight excluding hydrogens is 350 g/mol. The van der Waals surface area contributed by atoms with Gasteiger partial charge in [0, 0.05) is 48.0 Å². The number of methoxy groups -OCH3 is 2. The first-order chi connectivity index (χ1) is 13.7. The average Bonchev–Trinajstić information content (AvgIpc) is 3.33. The molecule has 0 amide bonds. The molecule has 28 heavy (non-hydrogen) atoms. The Morgan fingerprint density at radius 3 is 2.64 bits per heavy atom. The predicted molar refractivity (Wildman–Crippen MR) is 113 cm³/mol. The average molecular weight is 382 g/mol. The first-order valence-electron chi connectivity index (χ1n) is 10.7. The summed E-state index contributed by atoms with van der Waals surface area (Å²) in [4.78, 5) is 7.66. The van der Waals surface area contributed by atoms with E-state index in [1.54, 1.807) is 14.2 Å². The largest absolute Gasteiger partial charge is 0.493 e. The molecule has 0 bridgehead atoms. The summed E-state index contributed by atoms with van der Waals surface area (Å²) in [5.41, 5.74) is 4.95. The number of aromatic nitrogens is 1. The van der Waals surface area contributed by atoms with Crippen LogP contribution in [0.2, 0.25) is 0 Å². The molecule has 0 spiro atoms. The van der Waals surface area contributed by atoms with Crippen molar-refractivity contribution in [3.05, 3.63) is 23.4 Å². The van der Waals surface area contributed by atoms with Gasteiger partial charge in [-0.3, -0.25) is 9.88 Å². The smallest absolute Gasteiger partial charge is 0.162 e. The molecule has 1 N–H and O–H groups in total. The Labute approximate surface area is 167 Å². The number of hydrogen-bond donors (Lipinski definition) is 1. The Balaban J connectivity index is 1.47. The zero-order chi connectivity index (χ0) is 19.3. The van der Waals surface area contributed by atoms with Crippen LogP contribution in [-0.4, -0.2) is 49.3 Å². The lowest BCUT2D eigenvalue weighted by molar-refractivity contribution is 0.109. The third kappa shape index (κ3) is 3.00.